The van der Waals surface area contributed by atoms with Crippen molar-refractivity contribution in [3.63, 3.8) is 0 Å². The number of hydrogen-bond acceptors (Lipinski definition) is 5. The lowest BCUT2D eigenvalue weighted by molar-refractivity contribution is -0.152. The van der Waals surface area contributed by atoms with Crippen LogP contribution in [0.1, 0.15) is 131 Å². The molecule has 0 aromatic carbocycles. The molecule has 5 fully saturated rings. The summed E-state index contributed by atoms with van der Waals surface area (Å²) in [4.78, 5) is 22.0. The summed E-state index contributed by atoms with van der Waals surface area (Å²) in [5.41, 5.74) is 7.25. The molecule has 9 unspecified atom stereocenters. The van der Waals surface area contributed by atoms with E-state index in [0.717, 1.165) is 37.8 Å². The van der Waals surface area contributed by atoms with Gasteiger partial charge in [-0.15, -0.1) is 0 Å². The fraction of sp³-hybridized carbons (Fsp3) is 0.833. The van der Waals surface area contributed by atoms with E-state index in [4.69, 9.17) is 4.74 Å². The summed E-state index contributed by atoms with van der Waals surface area (Å²) >= 11 is 0. The molecular weight excluding hydrogens is 578 g/mol. The molecule has 0 N–H and O–H groups in total. The van der Waals surface area contributed by atoms with Crippen LogP contribution in [0.4, 0.5) is 0 Å². The van der Waals surface area contributed by atoms with Gasteiger partial charge >= 0.3 is 5.97 Å². The second-order valence-corrected chi connectivity index (χ2v) is 17.5. The quantitative estimate of drug-likeness (QED) is 0.258. The van der Waals surface area contributed by atoms with Crippen molar-refractivity contribution in [3.05, 3.63) is 34.2 Å². The molecular formula is C42H67N3O2. The Morgan fingerprint density at radius 2 is 1.30 bits per heavy atom. The fourth-order valence-corrected chi connectivity index (χ4v) is 12.6. The Bertz CT molecular complexity index is 1230. The molecule has 3 aliphatic heterocycles. The first-order valence-electron chi connectivity index (χ1n) is 20.2. The van der Waals surface area contributed by atoms with Gasteiger partial charge in [-0.05, 0) is 139 Å². The zero-order chi connectivity index (χ0) is 33.2. The van der Waals surface area contributed by atoms with Crippen LogP contribution in [0.2, 0.25) is 0 Å². The minimum absolute atomic E-state index is 0.0781. The maximum absolute atomic E-state index is 14.0. The van der Waals surface area contributed by atoms with Crippen molar-refractivity contribution in [1.82, 2.24) is 14.7 Å². The largest absolute Gasteiger partial charge is 0.454 e. The number of cyclic esters (lactones) is 1. The van der Waals surface area contributed by atoms with Gasteiger partial charge in [0, 0.05) is 67.3 Å². The summed E-state index contributed by atoms with van der Waals surface area (Å²) in [6.07, 6.45) is 19.9. The van der Waals surface area contributed by atoms with Crippen LogP contribution < -0.4 is 0 Å². The third-order valence-electron chi connectivity index (χ3n) is 15.3. The molecule has 0 aromatic heterocycles. The minimum Gasteiger partial charge on any atom is -0.454 e. The molecule has 0 spiro atoms. The zero-order valence-corrected chi connectivity index (χ0v) is 31.3. The molecule has 0 radical (unpaired) electrons. The molecule has 262 valence electrons. The van der Waals surface area contributed by atoms with E-state index in [9.17, 15) is 4.79 Å². The number of fused-ring (bicyclic) bond motifs is 3. The number of carbonyl (C=O) groups excluding carboxylic acids is 1. The van der Waals surface area contributed by atoms with Crippen molar-refractivity contribution in [2.75, 3.05) is 27.2 Å². The van der Waals surface area contributed by atoms with Crippen molar-refractivity contribution in [2.24, 2.45) is 41.4 Å². The first-order chi connectivity index (χ1) is 22.6. The van der Waals surface area contributed by atoms with Crippen LogP contribution >= 0.6 is 0 Å². The van der Waals surface area contributed by atoms with E-state index >= 15 is 0 Å². The molecule has 7 rings (SSSR count). The molecule has 4 aliphatic carbocycles. The van der Waals surface area contributed by atoms with Crippen LogP contribution in [0.3, 0.4) is 0 Å². The van der Waals surface area contributed by atoms with Gasteiger partial charge in [-0.25, -0.2) is 0 Å². The molecule has 4 saturated carbocycles. The normalized spacial score (nSPS) is 42.1. The lowest BCUT2D eigenvalue weighted by Gasteiger charge is -2.46. The average Bonchev–Trinajstić information content (AvgIpc) is 3.60. The van der Waals surface area contributed by atoms with Crippen LogP contribution in [-0.4, -0.2) is 71.6 Å². The molecule has 47 heavy (non-hydrogen) atoms. The number of carbonyl (C=O) groups is 1. The number of esters is 1. The predicted molar refractivity (Wildman–Crippen MR) is 193 cm³/mol. The van der Waals surface area contributed by atoms with Crippen LogP contribution in [0.15, 0.2) is 34.2 Å². The predicted octanol–water partition coefficient (Wildman–Crippen LogP) is 8.96. The Morgan fingerprint density at radius 1 is 0.766 bits per heavy atom. The van der Waals surface area contributed by atoms with E-state index in [0.29, 0.717) is 41.8 Å². The summed E-state index contributed by atoms with van der Waals surface area (Å²) in [7, 11) is 4.75. The highest BCUT2D eigenvalue weighted by atomic mass is 16.6. The SMILES string of the molecule is CCN(CC)C1CCC(C2(C=C(C3=C(C)N(C)C4CCC(C)CC34)C3=C(C)N(C)C4CCC(C)CC34)OC(=O)C3CCCCC32)CC1. The smallest absolute Gasteiger partial charge is 0.310 e. The Kier molecular flexibility index (Phi) is 9.46. The summed E-state index contributed by atoms with van der Waals surface area (Å²) in [5, 5.41) is 0. The molecule has 0 bridgehead atoms. The number of nitrogens with zero attached hydrogens (tertiary/aromatic N) is 3. The molecule has 7 aliphatic rings. The molecule has 5 nitrogen and oxygen atoms in total. The second kappa shape index (κ2) is 13.2. The van der Waals surface area contributed by atoms with Crippen molar-refractivity contribution in [3.8, 4) is 0 Å². The van der Waals surface area contributed by atoms with E-state index in [2.05, 4.69) is 76.4 Å². The average molecular weight is 646 g/mol. The minimum atomic E-state index is -0.486. The van der Waals surface area contributed by atoms with Crippen LogP contribution in [0, 0.1) is 41.4 Å². The highest BCUT2D eigenvalue weighted by Gasteiger charge is 2.60. The molecule has 0 amide bonds. The van der Waals surface area contributed by atoms with Gasteiger partial charge in [0.2, 0.25) is 0 Å². The number of ether oxygens (including phenoxy) is 1. The van der Waals surface area contributed by atoms with E-state index < -0.39 is 5.60 Å². The van der Waals surface area contributed by atoms with Gasteiger partial charge in [0.25, 0.3) is 0 Å². The number of hydrogen-bond donors (Lipinski definition) is 0. The van der Waals surface area contributed by atoms with E-state index in [1.54, 1.807) is 11.1 Å². The van der Waals surface area contributed by atoms with E-state index in [1.165, 1.54) is 94.0 Å². The second-order valence-electron chi connectivity index (χ2n) is 17.5. The number of rotatable bonds is 7. The molecule has 0 aromatic rings. The van der Waals surface area contributed by atoms with E-state index in [1.807, 2.05) is 0 Å². The van der Waals surface area contributed by atoms with Crippen molar-refractivity contribution < 1.29 is 9.53 Å². The summed E-state index contributed by atoms with van der Waals surface area (Å²) < 4.78 is 7.07. The Labute approximate surface area is 287 Å². The molecule has 5 heteroatoms. The molecule has 1 saturated heterocycles. The van der Waals surface area contributed by atoms with Gasteiger partial charge in [0.05, 0.1) is 5.92 Å². The topological polar surface area (TPSA) is 36.0 Å². The Hall–Kier alpha value is -1.75. The highest BCUT2D eigenvalue weighted by Crippen LogP contribution is 2.58. The summed E-state index contributed by atoms with van der Waals surface area (Å²) in [6.45, 7) is 16.7. The van der Waals surface area contributed by atoms with Crippen LogP contribution in [0.25, 0.3) is 0 Å². The third kappa shape index (κ3) is 5.55. The maximum atomic E-state index is 14.0. The van der Waals surface area contributed by atoms with Crippen molar-refractivity contribution >= 4 is 5.97 Å². The Morgan fingerprint density at radius 3 is 1.83 bits per heavy atom. The first-order valence-corrected chi connectivity index (χ1v) is 20.2. The summed E-state index contributed by atoms with van der Waals surface area (Å²) in [6, 6.07) is 1.86. The fourth-order valence-electron chi connectivity index (χ4n) is 12.6. The Balaban J connectivity index is 1.40. The van der Waals surface area contributed by atoms with Crippen LogP contribution in [-0.2, 0) is 9.53 Å². The molecule has 9 atom stereocenters. The lowest BCUT2D eigenvalue weighted by atomic mass is 9.62. The van der Waals surface area contributed by atoms with Crippen LogP contribution in [0.5, 0.6) is 0 Å². The summed E-state index contributed by atoms with van der Waals surface area (Å²) in [5.74, 6) is 3.56. The standard InChI is InChI=1S/C42H67N3O2/c1-9-45(10-2)31-19-17-30(18-20-31)42(36-14-12-11-13-32(36)41(46)47-42)25-35(39-28(5)43(7)37-21-15-26(3)23-33(37)39)40-29(6)44(8)38-22-16-27(4)24-34(38)40/h25-27,30-34,36-38H,9-24H2,1-8H3. The maximum Gasteiger partial charge on any atom is 0.310 e. The van der Waals surface area contributed by atoms with Gasteiger partial charge in [0.1, 0.15) is 5.60 Å². The first kappa shape index (κ1) is 33.7. The van der Waals surface area contributed by atoms with E-state index in [-0.39, 0.29) is 11.9 Å². The van der Waals surface area contributed by atoms with Gasteiger partial charge in [-0.3, -0.25) is 4.79 Å². The van der Waals surface area contributed by atoms with Gasteiger partial charge < -0.3 is 19.4 Å². The van der Waals surface area contributed by atoms with Gasteiger partial charge in [-0.2, -0.15) is 0 Å². The number of allylic oxidation sites excluding steroid dienone is 3. The highest BCUT2D eigenvalue weighted by molar-refractivity contribution is 5.77. The lowest BCUT2D eigenvalue weighted by Crippen LogP contribution is -2.48. The third-order valence-corrected chi connectivity index (χ3v) is 15.3. The van der Waals surface area contributed by atoms with Crippen molar-refractivity contribution in [2.45, 2.75) is 155 Å². The van der Waals surface area contributed by atoms with Gasteiger partial charge in [0.15, 0.2) is 0 Å². The monoisotopic (exact) mass is 646 g/mol. The van der Waals surface area contributed by atoms with Gasteiger partial charge in [-0.1, -0.05) is 40.5 Å². The van der Waals surface area contributed by atoms with Crippen molar-refractivity contribution in [1.29, 1.82) is 0 Å². The zero-order valence-electron chi connectivity index (χ0n) is 31.3. The molecule has 3 heterocycles.